The van der Waals surface area contributed by atoms with Crippen molar-refractivity contribution in [2.24, 2.45) is 0 Å². The van der Waals surface area contributed by atoms with E-state index in [-0.39, 0.29) is 10.7 Å². The Balaban J connectivity index is 2.16. The first-order valence-corrected chi connectivity index (χ1v) is 11.0. The van der Waals surface area contributed by atoms with Gasteiger partial charge in [0.15, 0.2) is 9.84 Å². The highest BCUT2D eigenvalue weighted by Crippen LogP contribution is 2.42. The molecule has 23 heavy (non-hydrogen) atoms. The fourth-order valence-corrected chi connectivity index (χ4v) is 5.72. The Bertz CT molecular complexity index is 1010. The van der Waals surface area contributed by atoms with E-state index in [1.807, 2.05) is 0 Å². The summed E-state index contributed by atoms with van der Waals surface area (Å²) in [6.45, 7) is 0. The zero-order valence-corrected chi connectivity index (χ0v) is 15.2. The number of benzene rings is 2. The molecule has 0 unspecified atom stereocenters. The number of rotatable bonds is 3. The van der Waals surface area contributed by atoms with Crippen LogP contribution in [0.2, 0.25) is 0 Å². The Labute approximate surface area is 146 Å². The molecule has 0 bridgehead atoms. The second-order valence-electron chi connectivity index (χ2n) is 4.93. The molecular formula is C16H11FO2S4. The smallest absolute Gasteiger partial charge is 0.175 e. The molecule has 0 fully saturated rings. The monoisotopic (exact) mass is 382 g/mol. The minimum absolute atomic E-state index is 0.257. The third-order valence-corrected chi connectivity index (χ3v) is 7.51. The highest BCUT2D eigenvalue weighted by atomic mass is 32.9. The van der Waals surface area contributed by atoms with Crippen molar-refractivity contribution in [3.8, 4) is 21.6 Å². The molecule has 7 heteroatoms. The maximum Gasteiger partial charge on any atom is 0.175 e. The molecule has 0 aliphatic carbocycles. The first kappa shape index (κ1) is 16.4. The van der Waals surface area contributed by atoms with E-state index in [1.54, 1.807) is 42.5 Å². The van der Waals surface area contributed by atoms with Crippen LogP contribution in [0.15, 0.2) is 53.4 Å². The molecule has 3 rings (SSSR count). The number of sulfone groups is 1. The maximum atomic E-state index is 14.1. The Hall–Kier alpha value is -1.41. The second kappa shape index (κ2) is 6.24. The zero-order valence-electron chi connectivity index (χ0n) is 11.9. The average Bonchev–Trinajstić information content (AvgIpc) is 2.89. The Morgan fingerprint density at radius 2 is 1.65 bits per heavy atom. The lowest BCUT2D eigenvalue weighted by molar-refractivity contribution is 0.602. The third-order valence-electron chi connectivity index (χ3n) is 3.32. The summed E-state index contributed by atoms with van der Waals surface area (Å²) < 4.78 is 37.9. The van der Waals surface area contributed by atoms with Gasteiger partial charge in [-0.25, -0.2) is 12.8 Å². The lowest BCUT2D eigenvalue weighted by atomic mass is 10.0. The lowest BCUT2D eigenvalue weighted by Crippen LogP contribution is -1.96. The van der Waals surface area contributed by atoms with Crippen molar-refractivity contribution in [1.82, 2.24) is 0 Å². The quantitative estimate of drug-likeness (QED) is 0.448. The van der Waals surface area contributed by atoms with E-state index >= 15 is 0 Å². The summed E-state index contributed by atoms with van der Waals surface area (Å²) in [6.07, 6.45) is 1.17. The van der Waals surface area contributed by atoms with E-state index in [4.69, 9.17) is 12.2 Å². The van der Waals surface area contributed by atoms with Crippen LogP contribution >= 0.6 is 32.9 Å². The van der Waals surface area contributed by atoms with Crippen LogP contribution in [-0.2, 0) is 9.84 Å². The van der Waals surface area contributed by atoms with Crippen LogP contribution in [0, 0.1) is 9.64 Å². The molecule has 1 aromatic heterocycles. The Morgan fingerprint density at radius 3 is 2.26 bits per heavy atom. The van der Waals surface area contributed by atoms with Crippen molar-refractivity contribution in [1.29, 1.82) is 0 Å². The standard InChI is InChI=1S/C16H11FO2S4/c1-23(18,19)11-8-6-10(7-9-11)15-14(16(20)22-21-15)12-4-2-3-5-13(12)17/h2-9H,1H3. The van der Waals surface area contributed by atoms with E-state index in [0.29, 0.717) is 15.0 Å². The van der Waals surface area contributed by atoms with Gasteiger partial charge in [0, 0.05) is 17.4 Å². The topological polar surface area (TPSA) is 34.1 Å². The lowest BCUT2D eigenvalue weighted by Gasteiger charge is -2.06. The minimum atomic E-state index is -3.24. The summed E-state index contributed by atoms with van der Waals surface area (Å²) in [5, 5.41) is 0. The largest absolute Gasteiger partial charge is 0.224 e. The first-order chi connectivity index (χ1) is 10.9. The summed E-state index contributed by atoms with van der Waals surface area (Å²) in [5.74, 6) is -0.321. The summed E-state index contributed by atoms with van der Waals surface area (Å²) >= 11 is 5.37. The number of hydrogen-bond donors (Lipinski definition) is 0. The van der Waals surface area contributed by atoms with E-state index < -0.39 is 9.84 Å². The number of hydrogen-bond acceptors (Lipinski definition) is 5. The van der Waals surface area contributed by atoms with Crippen LogP contribution in [0.1, 0.15) is 0 Å². The highest BCUT2D eigenvalue weighted by Gasteiger charge is 2.16. The molecule has 0 atom stereocenters. The first-order valence-electron chi connectivity index (χ1n) is 6.56. The molecule has 0 amide bonds. The van der Waals surface area contributed by atoms with Crippen molar-refractivity contribution in [3.05, 3.63) is 58.2 Å². The van der Waals surface area contributed by atoms with Crippen LogP contribution in [0.25, 0.3) is 21.6 Å². The molecule has 0 N–H and O–H groups in total. The van der Waals surface area contributed by atoms with Gasteiger partial charge in [-0.15, -0.1) is 0 Å². The molecule has 1 heterocycles. The van der Waals surface area contributed by atoms with Gasteiger partial charge in [0.1, 0.15) is 9.64 Å². The predicted octanol–water partition coefficient (Wildman–Crippen LogP) is 5.42. The highest BCUT2D eigenvalue weighted by molar-refractivity contribution is 7.90. The summed E-state index contributed by atoms with van der Waals surface area (Å²) in [6, 6.07) is 13.1. The molecule has 2 nitrogen and oxygen atoms in total. The number of halogens is 1. The van der Waals surface area contributed by atoms with Gasteiger partial charge in [-0.3, -0.25) is 0 Å². The third kappa shape index (κ3) is 3.28. The van der Waals surface area contributed by atoms with Gasteiger partial charge in [0.2, 0.25) is 0 Å². The van der Waals surface area contributed by atoms with Gasteiger partial charge in [-0.05, 0) is 23.8 Å². The van der Waals surface area contributed by atoms with E-state index in [9.17, 15) is 12.8 Å². The molecule has 0 aliphatic rings. The normalized spacial score (nSPS) is 11.6. The van der Waals surface area contributed by atoms with E-state index in [1.165, 1.54) is 33.0 Å². The molecule has 0 saturated heterocycles. The van der Waals surface area contributed by atoms with Crippen LogP contribution < -0.4 is 0 Å². The fourth-order valence-electron chi connectivity index (χ4n) is 2.20. The van der Waals surface area contributed by atoms with Gasteiger partial charge in [-0.1, -0.05) is 63.2 Å². The van der Waals surface area contributed by atoms with E-state index in [0.717, 1.165) is 10.4 Å². The van der Waals surface area contributed by atoms with Crippen molar-refractivity contribution in [2.75, 3.05) is 6.26 Å². The maximum absolute atomic E-state index is 14.1. The molecule has 118 valence electrons. The Morgan fingerprint density at radius 1 is 1.00 bits per heavy atom. The van der Waals surface area contributed by atoms with Crippen molar-refractivity contribution < 1.29 is 12.8 Å². The van der Waals surface area contributed by atoms with Crippen molar-refractivity contribution in [2.45, 2.75) is 4.90 Å². The molecule has 0 saturated carbocycles. The van der Waals surface area contributed by atoms with Crippen LogP contribution in [0.4, 0.5) is 4.39 Å². The summed E-state index contributed by atoms with van der Waals surface area (Å²) in [4.78, 5) is 1.11. The van der Waals surface area contributed by atoms with Crippen LogP contribution in [0.5, 0.6) is 0 Å². The van der Waals surface area contributed by atoms with E-state index in [2.05, 4.69) is 0 Å². The van der Waals surface area contributed by atoms with Gasteiger partial charge >= 0.3 is 0 Å². The predicted molar refractivity (Wildman–Crippen MR) is 97.0 cm³/mol. The van der Waals surface area contributed by atoms with Gasteiger partial charge < -0.3 is 0 Å². The molecule has 2 aromatic carbocycles. The van der Waals surface area contributed by atoms with Gasteiger partial charge in [0.25, 0.3) is 0 Å². The van der Waals surface area contributed by atoms with Crippen molar-refractivity contribution >= 4 is 42.7 Å². The van der Waals surface area contributed by atoms with Crippen LogP contribution in [-0.4, -0.2) is 14.7 Å². The molecular weight excluding hydrogens is 371 g/mol. The van der Waals surface area contributed by atoms with Crippen molar-refractivity contribution in [3.63, 3.8) is 0 Å². The summed E-state index contributed by atoms with van der Waals surface area (Å²) in [7, 11) is -0.362. The molecule has 3 aromatic rings. The molecule has 0 radical (unpaired) electrons. The summed E-state index contributed by atoms with van der Waals surface area (Å²) in [5.41, 5.74) is 1.99. The minimum Gasteiger partial charge on any atom is -0.224 e. The SMILES string of the molecule is CS(=O)(=O)c1ccc(-c2ssc(=S)c2-c2ccccc2F)cc1. The average molecular weight is 383 g/mol. The molecule has 0 spiro atoms. The fraction of sp³-hybridized carbons (Fsp3) is 0.0625. The Kier molecular flexibility index (Phi) is 4.46. The zero-order chi connectivity index (χ0) is 16.6. The van der Waals surface area contributed by atoms with Gasteiger partial charge in [0.05, 0.1) is 9.77 Å². The van der Waals surface area contributed by atoms with Crippen LogP contribution in [0.3, 0.4) is 0 Å². The van der Waals surface area contributed by atoms with Gasteiger partial charge in [-0.2, -0.15) is 0 Å². The second-order valence-corrected chi connectivity index (χ2v) is 9.77. The molecule has 0 aliphatic heterocycles.